The van der Waals surface area contributed by atoms with E-state index in [2.05, 4.69) is 31.9 Å². The molecule has 0 saturated heterocycles. The summed E-state index contributed by atoms with van der Waals surface area (Å²) in [5.41, 5.74) is 1.51. The van der Waals surface area contributed by atoms with Crippen molar-refractivity contribution in [3.8, 4) is 0 Å². The van der Waals surface area contributed by atoms with Crippen LogP contribution in [-0.2, 0) is 9.59 Å². The van der Waals surface area contributed by atoms with Gasteiger partial charge in [-0.05, 0) is 12.2 Å². The molecule has 0 spiro atoms. The van der Waals surface area contributed by atoms with Crippen molar-refractivity contribution < 1.29 is 9.59 Å². The fourth-order valence-electron chi connectivity index (χ4n) is 1.32. The van der Waals surface area contributed by atoms with Gasteiger partial charge in [0.2, 0.25) is 0 Å². The van der Waals surface area contributed by atoms with Gasteiger partial charge in [0.1, 0.15) is 0 Å². The monoisotopic (exact) mass is 314 g/mol. The number of rotatable bonds is 0. The largest absolute Gasteiger partial charge is 0.290 e. The third-order valence-corrected chi connectivity index (χ3v) is 3.23. The highest BCUT2D eigenvalue weighted by Crippen LogP contribution is 2.37. The Morgan fingerprint density at radius 1 is 0.714 bits per heavy atom. The lowest BCUT2D eigenvalue weighted by molar-refractivity contribution is -0.111. The van der Waals surface area contributed by atoms with E-state index in [1.807, 2.05) is 0 Å². The molecule has 2 aliphatic carbocycles. The van der Waals surface area contributed by atoms with Gasteiger partial charge in [-0.25, -0.2) is 0 Å². The second kappa shape index (κ2) is 3.44. The molecule has 0 unspecified atom stereocenters. The molecule has 4 heteroatoms. The Balaban J connectivity index is 2.59. The topological polar surface area (TPSA) is 34.1 Å². The molecule has 70 valence electrons. The van der Waals surface area contributed by atoms with Gasteiger partial charge in [-0.15, -0.1) is 0 Å². The van der Waals surface area contributed by atoms with Crippen LogP contribution in [0.15, 0.2) is 44.4 Å². The molecule has 0 fully saturated rings. The Hall–Kier alpha value is -0.740. The van der Waals surface area contributed by atoms with Gasteiger partial charge in [-0.1, -0.05) is 31.9 Å². The normalized spacial score (nSPS) is 20.7. The van der Waals surface area contributed by atoms with E-state index in [0.717, 1.165) is 11.1 Å². The van der Waals surface area contributed by atoms with Crippen LogP contribution < -0.4 is 0 Å². The first-order valence-electron chi connectivity index (χ1n) is 3.85. The molecule has 0 aliphatic heterocycles. The Kier molecular flexibility index (Phi) is 2.41. The molecular formula is C10H4Br2O2. The van der Waals surface area contributed by atoms with Gasteiger partial charge >= 0.3 is 0 Å². The molecule has 2 aliphatic rings. The minimum absolute atomic E-state index is 0.0799. The lowest BCUT2D eigenvalue weighted by Gasteiger charge is -2.17. The number of allylic oxidation sites excluding steroid dienone is 8. The third-order valence-electron chi connectivity index (χ3n) is 1.92. The van der Waals surface area contributed by atoms with Crippen LogP contribution in [0.1, 0.15) is 0 Å². The van der Waals surface area contributed by atoms with Crippen LogP contribution in [0.4, 0.5) is 0 Å². The summed E-state index contributed by atoms with van der Waals surface area (Å²) in [6.45, 7) is 0. The van der Waals surface area contributed by atoms with E-state index in [1.54, 1.807) is 0 Å². The van der Waals surface area contributed by atoms with E-state index in [9.17, 15) is 9.59 Å². The first-order valence-corrected chi connectivity index (χ1v) is 5.43. The van der Waals surface area contributed by atoms with Gasteiger partial charge < -0.3 is 0 Å². The quantitative estimate of drug-likeness (QED) is 0.688. The van der Waals surface area contributed by atoms with Crippen LogP contribution >= 0.6 is 31.9 Å². The second-order valence-corrected chi connectivity index (χ2v) is 4.61. The SMILES string of the molecule is O=C1C=C(Br)C2=CC(=O)C=C(Br)C2=C1. The van der Waals surface area contributed by atoms with E-state index in [0.29, 0.717) is 8.96 Å². The van der Waals surface area contributed by atoms with Crippen LogP contribution in [0, 0.1) is 0 Å². The van der Waals surface area contributed by atoms with Crippen LogP contribution in [-0.4, -0.2) is 11.6 Å². The predicted molar refractivity (Wildman–Crippen MR) is 60.2 cm³/mol. The van der Waals surface area contributed by atoms with Crippen LogP contribution in [0.3, 0.4) is 0 Å². The average Bonchev–Trinajstić information content (AvgIpc) is 2.07. The molecule has 2 rings (SSSR count). The molecular weight excluding hydrogens is 312 g/mol. The van der Waals surface area contributed by atoms with Crippen LogP contribution in [0.5, 0.6) is 0 Å². The Morgan fingerprint density at radius 2 is 1.07 bits per heavy atom. The molecule has 0 saturated carbocycles. The maximum Gasteiger partial charge on any atom is 0.180 e. The Morgan fingerprint density at radius 3 is 1.43 bits per heavy atom. The summed E-state index contributed by atoms with van der Waals surface area (Å²) in [6, 6.07) is 0. The van der Waals surface area contributed by atoms with Crippen molar-refractivity contribution in [1.29, 1.82) is 0 Å². The van der Waals surface area contributed by atoms with Gasteiger partial charge in [-0.3, -0.25) is 9.59 Å². The zero-order valence-electron chi connectivity index (χ0n) is 6.88. The standard InChI is InChI=1S/C10H4Br2O2/c11-9-4-6(14)2-8-7(9)1-5(13)3-10(8)12/h1-4H. The molecule has 0 atom stereocenters. The van der Waals surface area contributed by atoms with Crippen molar-refractivity contribution >= 4 is 43.4 Å². The predicted octanol–water partition coefficient (Wildman–Crippen LogP) is 2.56. The van der Waals surface area contributed by atoms with Gasteiger partial charge in [0.05, 0.1) is 0 Å². The molecule has 0 N–H and O–H groups in total. The maximum atomic E-state index is 11.2. The van der Waals surface area contributed by atoms with Crippen molar-refractivity contribution in [2.75, 3.05) is 0 Å². The summed E-state index contributed by atoms with van der Waals surface area (Å²) < 4.78 is 1.30. The highest BCUT2D eigenvalue weighted by molar-refractivity contribution is 9.12. The smallest absolute Gasteiger partial charge is 0.180 e. The Bertz CT molecular complexity index is 421. The first kappa shape index (κ1) is 9.80. The lowest BCUT2D eigenvalue weighted by atomic mass is 9.94. The molecule has 0 aromatic carbocycles. The number of fused-ring (bicyclic) bond motifs is 1. The van der Waals surface area contributed by atoms with Gasteiger partial charge in [0.15, 0.2) is 11.6 Å². The minimum atomic E-state index is -0.0799. The lowest BCUT2D eigenvalue weighted by Crippen LogP contribution is -2.09. The molecule has 0 radical (unpaired) electrons. The number of carbonyl (C=O) groups is 2. The van der Waals surface area contributed by atoms with E-state index in [1.165, 1.54) is 24.3 Å². The van der Waals surface area contributed by atoms with E-state index in [4.69, 9.17) is 0 Å². The summed E-state index contributed by atoms with van der Waals surface area (Å²) in [5, 5.41) is 0. The van der Waals surface area contributed by atoms with Crippen molar-refractivity contribution in [3.05, 3.63) is 44.4 Å². The van der Waals surface area contributed by atoms with Crippen LogP contribution in [0.2, 0.25) is 0 Å². The van der Waals surface area contributed by atoms with E-state index >= 15 is 0 Å². The van der Waals surface area contributed by atoms with Gasteiger partial charge in [-0.2, -0.15) is 0 Å². The summed E-state index contributed by atoms with van der Waals surface area (Å²) in [5.74, 6) is -0.160. The molecule has 0 bridgehead atoms. The third kappa shape index (κ3) is 1.60. The summed E-state index contributed by atoms with van der Waals surface area (Å²) in [6.07, 6.45) is 5.91. The fraction of sp³-hybridized carbons (Fsp3) is 0. The summed E-state index contributed by atoms with van der Waals surface area (Å²) in [7, 11) is 0. The molecule has 0 aromatic heterocycles. The van der Waals surface area contributed by atoms with Crippen molar-refractivity contribution in [3.63, 3.8) is 0 Å². The fourth-order valence-corrected chi connectivity index (χ4v) is 2.43. The first-order chi connectivity index (χ1) is 6.58. The zero-order valence-corrected chi connectivity index (χ0v) is 10.1. The van der Waals surface area contributed by atoms with Crippen molar-refractivity contribution in [2.24, 2.45) is 0 Å². The number of halogens is 2. The molecule has 0 amide bonds. The highest BCUT2D eigenvalue weighted by Gasteiger charge is 2.22. The molecule has 14 heavy (non-hydrogen) atoms. The number of carbonyl (C=O) groups excluding carboxylic acids is 2. The van der Waals surface area contributed by atoms with Gasteiger partial charge in [0.25, 0.3) is 0 Å². The maximum absolute atomic E-state index is 11.2. The summed E-state index contributed by atoms with van der Waals surface area (Å²) >= 11 is 6.51. The zero-order chi connectivity index (χ0) is 10.3. The second-order valence-electron chi connectivity index (χ2n) is 2.91. The molecule has 0 heterocycles. The highest BCUT2D eigenvalue weighted by atomic mass is 79.9. The van der Waals surface area contributed by atoms with Crippen molar-refractivity contribution in [2.45, 2.75) is 0 Å². The Labute approximate surface area is 97.3 Å². The number of ketones is 2. The van der Waals surface area contributed by atoms with Crippen LogP contribution in [0.25, 0.3) is 0 Å². The minimum Gasteiger partial charge on any atom is -0.290 e. The molecule has 0 aromatic rings. The number of hydrogen-bond acceptors (Lipinski definition) is 2. The number of hydrogen-bond donors (Lipinski definition) is 0. The van der Waals surface area contributed by atoms with E-state index < -0.39 is 0 Å². The van der Waals surface area contributed by atoms with Gasteiger partial charge in [0, 0.05) is 32.3 Å². The van der Waals surface area contributed by atoms with Crippen molar-refractivity contribution in [1.82, 2.24) is 0 Å². The molecule has 2 nitrogen and oxygen atoms in total. The summed E-state index contributed by atoms with van der Waals surface area (Å²) in [4.78, 5) is 22.4. The van der Waals surface area contributed by atoms with E-state index in [-0.39, 0.29) is 11.6 Å². The average molecular weight is 316 g/mol.